The van der Waals surface area contributed by atoms with Gasteiger partial charge in [-0.1, -0.05) is 34.8 Å². The van der Waals surface area contributed by atoms with E-state index in [0.717, 1.165) is 10.4 Å². The molecule has 0 aromatic carbocycles. The summed E-state index contributed by atoms with van der Waals surface area (Å²) in [5, 5.41) is 2.58. The third-order valence-electron chi connectivity index (χ3n) is 2.07. The van der Waals surface area contributed by atoms with E-state index >= 15 is 0 Å². The average Bonchev–Trinajstić information content (AvgIpc) is 2.77. The second-order valence-electron chi connectivity index (χ2n) is 3.01. The molecule has 0 radical (unpaired) electrons. The molecule has 2 aromatic heterocycles. The fourth-order valence-corrected chi connectivity index (χ4v) is 4.14. The van der Waals surface area contributed by atoms with E-state index < -0.39 is 0 Å². The molecule has 2 heterocycles. The van der Waals surface area contributed by atoms with Crippen LogP contribution in [0.1, 0.15) is 16.5 Å². The van der Waals surface area contributed by atoms with Gasteiger partial charge in [-0.25, -0.2) is 5.43 Å². The summed E-state index contributed by atoms with van der Waals surface area (Å²) in [5.41, 5.74) is 3.56. The lowest BCUT2D eigenvalue weighted by Gasteiger charge is -2.14. The minimum absolute atomic E-state index is 0.219. The predicted molar refractivity (Wildman–Crippen MR) is 72.8 cm³/mol. The van der Waals surface area contributed by atoms with Gasteiger partial charge in [-0.2, -0.15) is 0 Å². The van der Waals surface area contributed by atoms with Gasteiger partial charge in [0, 0.05) is 10.4 Å². The molecule has 0 fully saturated rings. The maximum Gasteiger partial charge on any atom is 0.0996 e. The molecule has 2 aromatic rings. The van der Waals surface area contributed by atoms with Gasteiger partial charge in [-0.15, -0.1) is 22.7 Å². The molecule has 0 saturated carbocycles. The molecule has 3 N–H and O–H groups in total. The lowest BCUT2D eigenvalue weighted by Crippen LogP contribution is -2.28. The third-order valence-corrected chi connectivity index (χ3v) is 5.01. The molecule has 86 valence electrons. The van der Waals surface area contributed by atoms with Crippen molar-refractivity contribution in [3.8, 4) is 0 Å². The number of hydrogen-bond acceptors (Lipinski definition) is 4. The number of halogens is 3. The second kappa shape index (κ2) is 5.23. The van der Waals surface area contributed by atoms with Crippen LogP contribution in [-0.4, -0.2) is 0 Å². The molecule has 1 atom stereocenters. The first kappa shape index (κ1) is 12.6. The van der Waals surface area contributed by atoms with Crippen molar-refractivity contribution in [2.45, 2.75) is 6.04 Å². The van der Waals surface area contributed by atoms with Crippen molar-refractivity contribution < 1.29 is 0 Å². The smallest absolute Gasteiger partial charge is 0.0996 e. The van der Waals surface area contributed by atoms with Gasteiger partial charge in [0.2, 0.25) is 0 Å². The molecule has 0 aliphatic carbocycles. The van der Waals surface area contributed by atoms with Gasteiger partial charge in [0.15, 0.2) is 0 Å². The summed E-state index contributed by atoms with van der Waals surface area (Å²) in [7, 11) is 0. The van der Waals surface area contributed by atoms with E-state index in [1.165, 1.54) is 22.7 Å². The van der Waals surface area contributed by atoms with Crippen LogP contribution in [0, 0.1) is 0 Å². The monoisotopic (exact) mass is 312 g/mol. The van der Waals surface area contributed by atoms with Crippen molar-refractivity contribution in [2.24, 2.45) is 5.84 Å². The summed E-state index contributed by atoms with van der Waals surface area (Å²) in [6.45, 7) is 0. The Kier molecular flexibility index (Phi) is 4.13. The van der Waals surface area contributed by atoms with Gasteiger partial charge in [0.25, 0.3) is 0 Å². The summed E-state index contributed by atoms with van der Waals surface area (Å²) < 4.78 is 1.25. The third kappa shape index (κ3) is 2.38. The quantitative estimate of drug-likeness (QED) is 0.654. The fourth-order valence-electron chi connectivity index (χ4n) is 1.37. The molecule has 7 heteroatoms. The molecule has 0 saturated heterocycles. The summed E-state index contributed by atoms with van der Waals surface area (Å²) in [5.74, 6) is 5.54. The van der Waals surface area contributed by atoms with Gasteiger partial charge in [-0.3, -0.25) is 5.84 Å². The highest BCUT2D eigenvalue weighted by atomic mass is 35.5. The molecule has 0 bridgehead atoms. The Morgan fingerprint density at radius 1 is 1.31 bits per heavy atom. The Hall–Kier alpha value is 0.190. The van der Waals surface area contributed by atoms with Crippen LogP contribution in [0.4, 0.5) is 0 Å². The number of nitrogens with one attached hydrogen (secondary N) is 1. The van der Waals surface area contributed by atoms with Gasteiger partial charge in [0.05, 0.1) is 19.7 Å². The first-order valence-corrected chi connectivity index (χ1v) is 7.10. The number of hydrazine groups is 1. The highest BCUT2D eigenvalue weighted by Crippen LogP contribution is 2.40. The summed E-state index contributed by atoms with van der Waals surface area (Å²) >= 11 is 20.9. The van der Waals surface area contributed by atoms with Gasteiger partial charge in [-0.05, 0) is 17.5 Å². The van der Waals surface area contributed by atoms with Crippen molar-refractivity contribution in [1.29, 1.82) is 0 Å². The molecule has 0 amide bonds. The molecule has 2 rings (SSSR count). The normalized spacial score (nSPS) is 13.0. The standard InChI is InChI=1S/C9H7Cl3N2S2/c10-5-1-2-15-8(5)7(14-13)4-3-6(11)16-9(4)12/h1-3,7,14H,13H2. The molecule has 1 unspecified atom stereocenters. The van der Waals surface area contributed by atoms with Crippen LogP contribution < -0.4 is 11.3 Å². The van der Waals surface area contributed by atoms with E-state index in [4.69, 9.17) is 40.6 Å². The fraction of sp³-hybridized carbons (Fsp3) is 0.111. The molecule has 0 aliphatic heterocycles. The zero-order valence-electron chi connectivity index (χ0n) is 7.84. The zero-order valence-corrected chi connectivity index (χ0v) is 11.7. The minimum Gasteiger partial charge on any atom is -0.271 e. The van der Waals surface area contributed by atoms with Crippen molar-refractivity contribution in [2.75, 3.05) is 0 Å². The van der Waals surface area contributed by atoms with Crippen LogP contribution in [0.2, 0.25) is 13.7 Å². The van der Waals surface area contributed by atoms with E-state index in [-0.39, 0.29) is 6.04 Å². The SMILES string of the molecule is NNC(c1cc(Cl)sc1Cl)c1sccc1Cl. The largest absolute Gasteiger partial charge is 0.271 e. The van der Waals surface area contributed by atoms with E-state index in [2.05, 4.69) is 5.43 Å². The van der Waals surface area contributed by atoms with Gasteiger partial charge < -0.3 is 0 Å². The van der Waals surface area contributed by atoms with Crippen molar-refractivity contribution >= 4 is 57.5 Å². The second-order valence-corrected chi connectivity index (χ2v) is 6.65. The molecular weight excluding hydrogens is 307 g/mol. The highest BCUT2D eigenvalue weighted by molar-refractivity contribution is 7.20. The summed E-state index contributed by atoms with van der Waals surface area (Å²) in [6, 6.07) is 3.41. The lowest BCUT2D eigenvalue weighted by molar-refractivity contribution is 0.649. The van der Waals surface area contributed by atoms with E-state index in [1.54, 1.807) is 6.07 Å². The van der Waals surface area contributed by atoms with Crippen molar-refractivity contribution in [1.82, 2.24) is 5.43 Å². The van der Waals surface area contributed by atoms with E-state index in [1.807, 2.05) is 11.4 Å². The predicted octanol–water partition coefficient (Wildman–Crippen LogP) is 4.32. The average molecular weight is 314 g/mol. The zero-order chi connectivity index (χ0) is 11.7. The van der Waals surface area contributed by atoms with Crippen LogP contribution >= 0.6 is 57.5 Å². The lowest BCUT2D eigenvalue weighted by atomic mass is 10.1. The van der Waals surface area contributed by atoms with Crippen LogP contribution in [-0.2, 0) is 0 Å². The van der Waals surface area contributed by atoms with Crippen molar-refractivity contribution in [3.05, 3.63) is 41.6 Å². The topological polar surface area (TPSA) is 38.0 Å². The summed E-state index contributed by atoms with van der Waals surface area (Å²) in [4.78, 5) is 0.931. The molecule has 0 spiro atoms. The van der Waals surface area contributed by atoms with Crippen molar-refractivity contribution in [3.63, 3.8) is 0 Å². The Labute approximate surface area is 116 Å². The van der Waals surface area contributed by atoms with Crippen LogP contribution in [0.25, 0.3) is 0 Å². The Morgan fingerprint density at radius 2 is 2.06 bits per heavy atom. The number of nitrogens with two attached hydrogens (primary N) is 1. The van der Waals surface area contributed by atoms with Crippen LogP contribution in [0.15, 0.2) is 17.5 Å². The molecular formula is C9H7Cl3N2S2. The Bertz CT molecular complexity index is 495. The number of hydrogen-bond donors (Lipinski definition) is 2. The minimum atomic E-state index is -0.219. The molecule has 2 nitrogen and oxygen atoms in total. The Balaban J connectivity index is 2.44. The number of rotatable bonds is 3. The molecule has 16 heavy (non-hydrogen) atoms. The molecule has 0 aliphatic rings. The first-order chi connectivity index (χ1) is 7.63. The summed E-state index contributed by atoms with van der Waals surface area (Å²) in [6.07, 6.45) is 0. The Morgan fingerprint density at radius 3 is 2.50 bits per heavy atom. The number of thiophene rings is 2. The maximum atomic E-state index is 6.09. The van der Waals surface area contributed by atoms with E-state index in [0.29, 0.717) is 13.7 Å². The highest BCUT2D eigenvalue weighted by Gasteiger charge is 2.21. The van der Waals surface area contributed by atoms with E-state index in [9.17, 15) is 0 Å². The van der Waals surface area contributed by atoms with Crippen LogP contribution in [0.3, 0.4) is 0 Å². The maximum absolute atomic E-state index is 6.09. The van der Waals surface area contributed by atoms with Crippen LogP contribution in [0.5, 0.6) is 0 Å². The van der Waals surface area contributed by atoms with Gasteiger partial charge in [0.1, 0.15) is 0 Å². The van der Waals surface area contributed by atoms with Gasteiger partial charge >= 0.3 is 0 Å². The first-order valence-electron chi connectivity index (χ1n) is 4.27.